The SMILES string of the molecule is CN1CCCC1Cc1cn(N(C)C=O)c2ccc(OCc3ccccc3)cc12. The minimum absolute atomic E-state index is 0.544. The number of carbonyl (C=O) groups is 1. The summed E-state index contributed by atoms with van der Waals surface area (Å²) >= 11 is 0. The first-order valence-corrected chi connectivity index (χ1v) is 9.85. The van der Waals surface area contributed by atoms with Gasteiger partial charge in [0.25, 0.3) is 0 Å². The first-order valence-electron chi connectivity index (χ1n) is 9.85. The molecule has 0 radical (unpaired) electrons. The van der Waals surface area contributed by atoms with Crippen LogP contribution in [0.3, 0.4) is 0 Å². The predicted molar refractivity (Wildman–Crippen MR) is 112 cm³/mol. The highest BCUT2D eigenvalue weighted by Gasteiger charge is 2.23. The maximum absolute atomic E-state index is 11.4. The number of likely N-dealkylation sites (tertiary alicyclic amines) is 1. The number of nitrogens with zero attached hydrogens (tertiary/aromatic N) is 3. The average molecular weight is 377 g/mol. The van der Waals surface area contributed by atoms with Gasteiger partial charge in [0.1, 0.15) is 12.4 Å². The largest absolute Gasteiger partial charge is 0.489 e. The zero-order chi connectivity index (χ0) is 19.5. The summed E-state index contributed by atoms with van der Waals surface area (Å²) in [4.78, 5) is 13.8. The quantitative estimate of drug-likeness (QED) is 0.591. The van der Waals surface area contributed by atoms with Crippen molar-refractivity contribution in [2.45, 2.75) is 31.9 Å². The highest BCUT2D eigenvalue weighted by molar-refractivity contribution is 5.87. The van der Waals surface area contributed by atoms with E-state index in [0.717, 1.165) is 41.6 Å². The van der Waals surface area contributed by atoms with Gasteiger partial charge in [-0.15, -0.1) is 0 Å². The number of hydrogen-bond acceptors (Lipinski definition) is 3. The molecule has 0 spiro atoms. The molecule has 28 heavy (non-hydrogen) atoms. The maximum Gasteiger partial charge on any atom is 0.228 e. The van der Waals surface area contributed by atoms with Crippen molar-refractivity contribution >= 4 is 17.3 Å². The number of rotatable bonds is 7. The van der Waals surface area contributed by atoms with Gasteiger partial charge >= 0.3 is 0 Å². The Kier molecular flexibility index (Phi) is 5.35. The van der Waals surface area contributed by atoms with Crippen molar-refractivity contribution in [3.8, 4) is 5.75 Å². The van der Waals surface area contributed by atoms with Crippen molar-refractivity contribution in [3.05, 3.63) is 65.9 Å². The molecule has 2 heterocycles. The van der Waals surface area contributed by atoms with Gasteiger partial charge in [-0.1, -0.05) is 30.3 Å². The van der Waals surface area contributed by atoms with Gasteiger partial charge in [-0.2, -0.15) is 0 Å². The molecule has 2 aromatic carbocycles. The van der Waals surface area contributed by atoms with Crippen LogP contribution in [0.4, 0.5) is 0 Å². The van der Waals surface area contributed by atoms with E-state index in [4.69, 9.17) is 4.74 Å². The van der Waals surface area contributed by atoms with Crippen LogP contribution in [-0.2, 0) is 17.8 Å². The lowest BCUT2D eigenvalue weighted by Crippen LogP contribution is -2.28. The molecule has 0 saturated carbocycles. The number of hydrogen-bond donors (Lipinski definition) is 0. The minimum atomic E-state index is 0.544. The standard InChI is InChI=1S/C23H27N3O2/c1-24-12-6-9-20(24)13-19-15-26(25(2)17-27)23-11-10-21(14-22(19)23)28-16-18-7-4-3-5-8-18/h3-5,7-8,10-11,14-15,17,20H,6,9,12-13,16H2,1-2H3. The van der Waals surface area contributed by atoms with Crippen LogP contribution in [0, 0.1) is 0 Å². The van der Waals surface area contributed by atoms with Crippen molar-refractivity contribution < 1.29 is 9.53 Å². The molecule has 0 bridgehead atoms. The summed E-state index contributed by atoms with van der Waals surface area (Å²) in [6.45, 7) is 1.70. The molecule has 146 valence electrons. The van der Waals surface area contributed by atoms with E-state index in [9.17, 15) is 4.79 Å². The van der Waals surface area contributed by atoms with Gasteiger partial charge in [-0.05, 0) is 62.2 Å². The third kappa shape index (κ3) is 3.76. The molecule has 0 N–H and O–H groups in total. The Bertz CT molecular complexity index is 951. The van der Waals surface area contributed by atoms with Crippen LogP contribution in [0.25, 0.3) is 10.9 Å². The van der Waals surface area contributed by atoms with E-state index in [1.807, 2.05) is 35.0 Å². The lowest BCUT2D eigenvalue weighted by Gasteiger charge is -2.19. The van der Waals surface area contributed by atoms with Crippen molar-refractivity contribution in [2.75, 3.05) is 25.6 Å². The van der Waals surface area contributed by atoms with Crippen molar-refractivity contribution in [3.63, 3.8) is 0 Å². The van der Waals surface area contributed by atoms with Crippen LogP contribution in [0.15, 0.2) is 54.7 Å². The number of carbonyl (C=O) groups excluding carboxylic acids is 1. The number of aromatic nitrogens is 1. The van der Waals surface area contributed by atoms with Gasteiger partial charge in [0.05, 0.1) is 5.52 Å². The predicted octanol–water partition coefficient (Wildman–Crippen LogP) is 3.58. The Morgan fingerprint density at radius 1 is 1.21 bits per heavy atom. The number of fused-ring (bicyclic) bond motifs is 1. The first kappa shape index (κ1) is 18.6. The number of likely N-dealkylation sites (N-methyl/N-ethyl adjacent to an activating group) is 1. The third-order valence-corrected chi connectivity index (χ3v) is 5.71. The molecule has 3 aromatic rings. The molecule has 1 atom stereocenters. The second kappa shape index (κ2) is 8.07. The van der Waals surface area contributed by atoms with Gasteiger partial charge in [0.15, 0.2) is 0 Å². The van der Waals surface area contributed by atoms with Crippen LogP contribution in [0.5, 0.6) is 5.75 Å². The molecule has 1 aliphatic heterocycles. The molecule has 1 unspecified atom stereocenters. The van der Waals surface area contributed by atoms with Gasteiger partial charge in [0.2, 0.25) is 6.41 Å². The topological polar surface area (TPSA) is 37.7 Å². The molecule has 1 aliphatic rings. The third-order valence-electron chi connectivity index (χ3n) is 5.71. The van der Waals surface area contributed by atoms with Crippen LogP contribution < -0.4 is 9.75 Å². The average Bonchev–Trinajstić information content (AvgIpc) is 3.30. The van der Waals surface area contributed by atoms with Crippen LogP contribution in [0.2, 0.25) is 0 Å². The van der Waals surface area contributed by atoms with Crippen LogP contribution in [-0.4, -0.2) is 42.7 Å². The monoisotopic (exact) mass is 377 g/mol. The van der Waals surface area contributed by atoms with Crippen LogP contribution >= 0.6 is 0 Å². The highest BCUT2D eigenvalue weighted by atomic mass is 16.5. The van der Waals surface area contributed by atoms with E-state index < -0.39 is 0 Å². The summed E-state index contributed by atoms with van der Waals surface area (Å²) in [6, 6.07) is 16.9. The fourth-order valence-corrected chi connectivity index (χ4v) is 4.05. The van der Waals surface area contributed by atoms with Crippen molar-refractivity contribution in [2.24, 2.45) is 0 Å². The molecule has 5 heteroatoms. The van der Waals surface area contributed by atoms with E-state index >= 15 is 0 Å². The molecular formula is C23H27N3O2. The van der Waals surface area contributed by atoms with Gasteiger partial charge in [-0.25, -0.2) is 0 Å². The lowest BCUT2D eigenvalue weighted by molar-refractivity contribution is -0.108. The molecule has 1 aromatic heterocycles. The molecule has 1 fully saturated rings. The molecule has 0 aliphatic carbocycles. The summed E-state index contributed by atoms with van der Waals surface area (Å²) in [5, 5.41) is 2.73. The Morgan fingerprint density at radius 2 is 2.04 bits per heavy atom. The normalized spacial score (nSPS) is 17.1. The van der Waals surface area contributed by atoms with Gasteiger partial charge in [0, 0.05) is 24.7 Å². The number of amides is 1. The minimum Gasteiger partial charge on any atom is -0.489 e. The van der Waals surface area contributed by atoms with Crippen LogP contribution in [0.1, 0.15) is 24.0 Å². The molecule has 5 nitrogen and oxygen atoms in total. The first-order chi connectivity index (χ1) is 13.7. The molecular weight excluding hydrogens is 350 g/mol. The summed E-state index contributed by atoms with van der Waals surface area (Å²) in [7, 11) is 3.97. The fraction of sp³-hybridized carbons (Fsp3) is 0.348. The van der Waals surface area contributed by atoms with E-state index in [0.29, 0.717) is 12.6 Å². The van der Waals surface area contributed by atoms with Crippen molar-refractivity contribution in [1.82, 2.24) is 9.58 Å². The highest BCUT2D eigenvalue weighted by Crippen LogP contribution is 2.29. The Hall–Kier alpha value is -2.79. The van der Waals surface area contributed by atoms with Crippen molar-refractivity contribution in [1.29, 1.82) is 0 Å². The smallest absolute Gasteiger partial charge is 0.228 e. The Balaban J connectivity index is 1.64. The maximum atomic E-state index is 11.4. The number of ether oxygens (including phenoxy) is 1. The summed E-state index contributed by atoms with van der Waals surface area (Å²) in [5.41, 5.74) is 3.43. The Morgan fingerprint density at radius 3 is 2.75 bits per heavy atom. The van der Waals surface area contributed by atoms with E-state index in [1.54, 1.807) is 12.1 Å². The fourth-order valence-electron chi connectivity index (χ4n) is 4.05. The zero-order valence-electron chi connectivity index (χ0n) is 16.5. The van der Waals surface area contributed by atoms with E-state index in [-0.39, 0.29) is 0 Å². The summed E-state index contributed by atoms with van der Waals surface area (Å²) in [5.74, 6) is 0.851. The van der Waals surface area contributed by atoms with E-state index in [1.165, 1.54) is 18.4 Å². The Labute approximate surface area is 166 Å². The molecule has 4 rings (SSSR count). The van der Waals surface area contributed by atoms with Gasteiger partial charge in [-0.3, -0.25) is 14.5 Å². The lowest BCUT2D eigenvalue weighted by atomic mass is 10.0. The second-order valence-corrected chi connectivity index (χ2v) is 7.61. The molecule has 1 amide bonds. The second-order valence-electron chi connectivity index (χ2n) is 7.61. The number of benzene rings is 2. The zero-order valence-corrected chi connectivity index (χ0v) is 16.5. The summed E-state index contributed by atoms with van der Waals surface area (Å²) < 4.78 is 7.96. The molecule has 1 saturated heterocycles. The van der Waals surface area contributed by atoms with E-state index in [2.05, 4.69) is 36.3 Å². The summed E-state index contributed by atoms with van der Waals surface area (Å²) in [6.07, 6.45) is 6.38. The van der Waals surface area contributed by atoms with Gasteiger partial charge < -0.3 is 9.64 Å².